The largest absolute Gasteiger partial charge is 0.346 e. The standard InChI is InChI=1S/C16H21N5OS.ClH/c1-11-9-19-15-14(11)12(3-5-18-15)21-7-8-23-13(10-21)16(22)20(2)6-4-17;/h3,5,9-10H,4,6-8,17H2,1-2H3,(H,18,19);1H. The number of amides is 1. The lowest BCUT2D eigenvalue weighted by atomic mass is 10.2. The van der Waals surface area contributed by atoms with E-state index in [1.807, 2.05) is 18.5 Å². The fourth-order valence-corrected chi connectivity index (χ4v) is 3.71. The van der Waals surface area contributed by atoms with Crippen molar-refractivity contribution in [1.29, 1.82) is 0 Å². The van der Waals surface area contributed by atoms with E-state index in [0.717, 1.165) is 39.5 Å². The second kappa shape index (κ2) is 7.92. The molecule has 1 aliphatic heterocycles. The molecule has 6 nitrogen and oxygen atoms in total. The lowest BCUT2D eigenvalue weighted by Gasteiger charge is -2.28. The fraction of sp³-hybridized carbons (Fsp3) is 0.375. The molecular formula is C16H22ClN5OS. The Morgan fingerprint density at radius 3 is 3.08 bits per heavy atom. The highest BCUT2D eigenvalue weighted by molar-refractivity contribution is 8.04. The van der Waals surface area contributed by atoms with Crippen LogP contribution in [-0.2, 0) is 4.79 Å². The minimum Gasteiger partial charge on any atom is -0.346 e. The molecule has 3 N–H and O–H groups in total. The van der Waals surface area contributed by atoms with Crippen LogP contribution >= 0.6 is 24.2 Å². The van der Waals surface area contributed by atoms with Gasteiger partial charge in [0.1, 0.15) is 5.65 Å². The Morgan fingerprint density at radius 1 is 1.54 bits per heavy atom. The number of thioether (sulfide) groups is 1. The maximum absolute atomic E-state index is 12.5. The van der Waals surface area contributed by atoms with Crippen molar-refractivity contribution >= 4 is 46.8 Å². The fourth-order valence-electron chi connectivity index (χ4n) is 2.73. The Labute approximate surface area is 151 Å². The zero-order chi connectivity index (χ0) is 16.4. The van der Waals surface area contributed by atoms with Gasteiger partial charge in [0, 0.05) is 56.4 Å². The number of halogens is 1. The third kappa shape index (κ3) is 3.53. The van der Waals surface area contributed by atoms with Crippen LogP contribution < -0.4 is 10.6 Å². The molecule has 2 aromatic heterocycles. The van der Waals surface area contributed by atoms with Gasteiger partial charge in [-0.15, -0.1) is 24.2 Å². The molecule has 0 saturated carbocycles. The van der Waals surface area contributed by atoms with Gasteiger partial charge in [-0.3, -0.25) is 4.79 Å². The number of H-pyrrole nitrogens is 1. The molecule has 0 saturated heterocycles. The predicted molar refractivity (Wildman–Crippen MR) is 103 cm³/mol. The number of aryl methyl sites for hydroxylation is 1. The van der Waals surface area contributed by atoms with E-state index < -0.39 is 0 Å². The van der Waals surface area contributed by atoms with Crippen LogP contribution in [0.5, 0.6) is 0 Å². The summed E-state index contributed by atoms with van der Waals surface area (Å²) in [5.41, 5.74) is 8.66. The summed E-state index contributed by atoms with van der Waals surface area (Å²) in [7, 11) is 1.79. The number of aromatic amines is 1. The number of rotatable bonds is 4. The average molecular weight is 368 g/mol. The number of anilines is 1. The van der Waals surface area contributed by atoms with Gasteiger partial charge in [0.25, 0.3) is 5.91 Å². The molecule has 8 heteroatoms. The first-order valence-corrected chi connectivity index (χ1v) is 8.60. The minimum atomic E-state index is 0. The molecule has 0 atom stereocenters. The van der Waals surface area contributed by atoms with Crippen molar-refractivity contribution in [2.75, 3.05) is 37.3 Å². The van der Waals surface area contributed by atoms with E-state index >= 15 is 0 Å². The van der Waals surface area contributed by atoms with E-state index in [1.54, 1.807) is 29.9 Å². The van der Waals surface area contributed by atoms with Crippen LogP contribution in [0.15, 0.2) is 29.6 Å². The molecule has 1 aliphatic rings. The van der Waals surface area contributed by atoms with Crippen molar-refractivity contribution in [3.63, 3.8) is 0 Å². The summed E-state index contributed by atoms with van der Waals surface area (Å²) in [5, 5.41) is 1.11. The van der Waals surface area contributed by atoms with Gasteiger partial charge in [0.15, 0.2) is 0 Å². The van der Waals surface area contributed by atoms with Crippen LogP contribution in [0.3, 0.4) is 0 Å². The number of carbonyl (C=O) groups is 1. The van der Waals surface area contributed by atoms with E-state index in [-0.39, 0.29) is 18.3 Å². The van der Waals surface area contributed by atoms with Crippen molar-refractivity contribution in [3.8, 4) is 0 Å². The molecule has 3 rings (SSSR count). The molecule has 0 fully saturated rings. The Kier molecular flexibility index (Phi) is 6.15. The molecule has 130 valence electrons. The number of hydrogen-bond acceptors (Lipinski definition) is 5. The number of nitrogens with zero attached hydrogens (tertiary/aromatic N) is 3. The van der Waals surface area contributed by atoms with E-state index in [0.29, 0.717) is 13.1 Å². The smallest absolute Gasteiger partial charge is 0.261 e. The number of fused-ring (bicyclic) bond motifs is 1. The first kappa shape index (κ1) is 18.6. The third-order valence-electron chi connectivity index (χ3n) is 3.94. The topological polar surface area (TPSA) is 78.2 Å². The molecule has 0 aromatic carbocycles. The van der Waals surface area contributed by atoms with Crippen LogP contribution in [0, 0.1) is 6.92 Å². The summed E-state index contributed by atoms with van der Waals surface area (Å²) < 4.78 is 0. The van der Waals surface area contributed by atoms with Crippen LogP contribution in [-0.4, -0.2) is 53.2 Å². The van der Waals surface area contributed by atoms with Gasteiger partial charge in [-0.25, -0.2) is 4.98 Å². The number of pyridine rings is 1. The normalized spacial score (nSPS) is 14.3. The lowest BCUT2D eigenvalue weighted by Crippen LogP contribution is -2.34. The molecule has 0 radical (unpaired) electrons. The van der Waals surface area contributed by atoms with Gasteiger partial charge < -0.3 is 20.5 Å². The lowest BCUT2D eigenvalue weighted by molar-refractivity contribution is -0.125. The van der Waals surface area contributed by atoms with Gasteiger partial charge >= 0.3 is 0 Å². The molecule has 2 aromatic rings. The Balaban J connectivity index is 0.00000208. The monoisotopic (exact) mass is 367 g/mol. The van der Waals surface area contributed by atoms with Crippen molar-refractivity contribution < 1.29 is 4.79 Å². The van der Waals surface area contributed by atoms with Crippen molar-refractivity contribution in [2.24, 2.45) is 5.73 Å². The molecule has 0 aliphatic carbocycles. The molecule has 3 heterocycles. The van der Waals surface area contributed by atoms with Crippen molar-refractivity contribution in [3.05, 3.63) is 35.1 Å². The number of hydrogen-bond donors (Lipinski definition) is 2. The zero-order valence-electron chi connectivity index (χ0n) is 13.8. The first-order chi connectivity index (χ1) is 11.1. The number of carbonyl (C=O) groups excluding carboxylic acids is 1. The highest BCUT2D eigenvalue weighted by Gasteiger charge is 2.22. The van der Waals surface area contributed by atoms with E-state index in [4.69, 9.17) is 5.73 Å². The Bertz CT molecular complexity index is 760. The molecule has 0 unspecified atom stereocenters. The van der Waals surface area contributed by atoms with Crippen LogP contribution in [0.25, 0.3) is 11.0 Å². The molecular weight excluding hydrogens is 346 g/mol. The van der Waals surface area contributed by atoms with Crippen molar-refractivity contribution in [1.82, 2.24) is 14.9 Å². The predicted octanol–water partition coefficient (Wildman–Crippen LogP) is 2.10. The van der Waals surface area contributed by atoms with Crippen LogP contribution in [0.4, 0.5) is 5.69 Å². The quantitative estimate of drug-likeness (QED) is 0.865. The summed E-state index contributed by atoms with van der Waals surface area (Å²) in [6.45, 7) is 3.96. The first-order valence-electron chi connectivity index (χ1n) is 7.61. The van der Waals surface area contributed by atoms with E-state index in [1.165, 1.54) is 0 Å². The van der Waals surface area contributed by atoms with Gasteiger partial charge in [0.2, 0.25) is 0 Å². The summed E-state index contributed by atoms with van der Waals surface area (Å²) in [6, 6.07) is 2.00. The second-order valence-corrected chi connectivity index (χ2v) is 6.71. The van der Waals surface area contributed by atoms with Gasteiger partial charge in [-0.1, -0.05) is 0 Å². The maximum Gasteiger partial charge on any atom is 0.261 e. The molecule has 0 bridgehead atoms. The number of nitrogens with one attached hydrogen (secondary N) is 1. The highest BCUT2D eigenvalue weighted by atomic mass is 35.5. The third-order valence-corrected chi connectivity index (χ3v) is 4.92. The average Bonchev–Trinajstić information content (AvgIpc) is 2.96. The number of nitrogens with two attached hydrogens (primary N) is 1. The number of aromatic nitrogens is 2. The summed E-state index contributed by atoms with van der Waals surface area (Å²) in [5.74, 6) is 0.905. The maximum atomic E-state index is 12.5. The Morgan fingerprint density at radius 2 is 2.33 bits per heavy atom. The molecule has 0 spiro atoms. The van der Waals surface area contributed by atoms with Gasteiger partial charge in [-0.2, -0.15) is 0 Å². The van der Waals surface area contributed by atoms with Crippen molar-refractivity contribution in [2.45, 2.75) is 6.92 Å². The van der Waals surface area contributed by atoms with Crippen LogP contribution in [0.2, 0.25) is 0 Å². The molecule has 24 heavy (non-hydrogen) atoms. The van der Waals surface area contributed by atoms with E-state index in [2.05, 4.69) is 21.8 Å². The number of likely N-dealkylation sites (N-methyl/N-ethyl adjacent to an activating group) is 1. The Hall–Kier alpha value is -1.70. The zero-order valence-corrected chi connectivity index (χ0v) is 15.4. The molecule has 1 amide bonds. The summed E-state index contributed by atoms with van der Waals surface area (Å²) in [6.07, 6.45) is 5.71. The summed E-state index contributed by atoms with van der Waals surface area (Å²) in [4.78, 5) is 24.6. The SMILES string of the molecule is Cc1c[nH]c2nccc(N3C=C(C(=O)N(C)CCN)SCC3)c12.Cl. The highest BCUT2D eigenvalue weighted by Crippen LogP contribution is 2.32. The van der Waals surface area contributed by atoms with E-state index in [9.17, 15) is 4.79 Å². The van der Waals surface area contributed by atoms with Gasteiger partial charge in [0.05, 0.1) is 10.6 Å². The summed E-state index contributed by atoms with van der Waals surface area (Å²) >= 11 is 1.60. The van der Waals surface area contributed by atoms with Crippen LogP contribution in [0.1, 0.15) is 5.56 Å². The minimum absolute atomic E-state index is 0. The second-order valence-electron chi connectivity index (χ2n) is 5.58. The van der Waals surface area contributed by atoms with Gasteiger partial charge in [-0.05, 0) is 18.6 Å².